The van der Waals surface area contributed by atoms with Crippen LogP contribution in [0.15, 0.2) is 53.4 Å². The summed E-state index contributed by atoms with van der Waals surface area (Å²) in [6.07, 6.45) is -1.80. The predicted octanol–water partition coefficient (Wildman–Crippen LogP) is 5.09. The fourth-order valence-corrected chi connectivity index (χ4v) is 6.28. The Kier molecular flexibility index (Phi) is 9.30. The van der Waals surface area contributed by atoms with Gasteiger partial charge in [-0.2, -0.15) is 28.1 Å². The van der Waals surface area contributed by atoms with Crippen LogP contribution in [0.25, 0.3) is 0 Å². The molecule has 10 nitrogen and oxygen atoms in total. The Morgan fingerprint density at radius 2 is 1.62 bits per heavy atom. The van der Waals surface area contributed by atoms with Crippen LogP contribution >= 0.6 is 11.6 Å². The Labute approximate surface area is 264 Å². The summed E-state index contributed by atoms with van der Waals surface area (Å²) >= 11 is 6.02. The lowest BCUT2D eigenvalue weighted by Gasteiger charge is -2.24. The van der Waals surface area contributed by atoms with Gasteiger partial charge in [0.05, 0.1) is 15.8 Å². The Hall–Kier alpha value is -3.49. The number of benzene rings is 2. The van der Waals surface area contributed by atoms with E-state index in [0.717, 1.165) is 31.5 Å². The molecule has 1 heterocycles. The number of halogens is 4. The molecule has 45 heavy (non-hydrogen) atoms. The number of amides is 1. The van der Waals surface area contributed by atoms with Gasteiger partial charge in [-0.05, 0) is 74.2 Å². The Bertz CT molecular complexity index is 1630. The number of aromatic nitrogens is 3. The number of sulfonamides is 1. The minimum atomic E-state index is -4.59. The summed E-state index contributed by atoms with van der Waals surface area (Å²) in [7, 11) is -4.12. The summed E-state index contributed by atoms with van der Waals surface area (Å²) in [6, 6.07) is 12.5. The number of hydrogen-bond donors (Lipinski definition) is 2. The molecule has 2 fully saturated rings. The minimum absolute atomic E-state index is 0.0465. The molecule has 0 radical (unpaired) electrons. The number of rotatable bonds is 14. The van der Waals surface area contributed by atoms with Crippen LogP contribution < -0.4 is 14.8 Å². The zero-order valence-corrected chi connectivity index (χ0v) is 26.4. The lowest BCUT2D eigenvalue weighted by Crippen LogP contribution is -2.42. The molecule has 242 valence electrons. The van der Waals surface area contributed by atoms with Gasteiger partial charge in [0, 0.05) is 18.0 Å². The van der Waals surface area contributed by atoms with E-state index in [1.165, 1.54) is 24.3 Å². The summed E-state index contributed by atoms with van der Waals surface area (Å²) in [6.45, 7) is 4.43. The number of carbonyl (C=O) groups excluding carboxylic acids is 1. The highest BCUT2D eigenvalue weighted by molar-refractivity contribution is 7.90. The third-order valence-corrected chi connectivity index (χ3v) is 9.70. The maximum Gasteiger partial charge on any atom is 0.422 e. The van der Waals surface area contributed by atoms with Crippen LogP contribution in [0.5, 0.6) is 6.01 Å². The van der Waals surface area contributed by atoms with Crippen LogP contribution in [0.1, 0.15) is 56.5 Å². The second-order valence-electron chi connectivity index (χ2n) is 11.5. The number of nitrogens with one attached hydrogen (secondary N) is 2. The number of ether oxygens (including phenoxy) is 1. The molecular formula is C30H34ClF3N6O4S. The predicted molar refractivity (Wildman–Crippen MR) is 161 cm³/mol. The molecule has 2 N–H and O–H groups in total. The van der Waals surface area contributed by atoms with E-state index in [4.69, 9.17) is 16.3 Å². The van der Waals surface area contributed by atoms with E-state index in [2.05, 4.69) is 29.9 Å². The highest BCUT2D eigenvalue weighted by Crippen LogP contribution is 2.48. The van der Waals surface area contributed by atoms with Crippen molar-refractivity contribution in [1.82, 2.24) is 24.6 Å². The van der Waals surface area contributed by atoms with E-state index in [9.17, 15) is 26.4 Å². The van der Waals surface area contributed by atoms with Crippen molar-refractivity contribution in [2.75, 3.05) is 31.6 Å². The lowest BCUT2D eigenvalue weighted by molar-refractivity contribution is -0.154. The lowest BCUT2D eigenvalue weighted by atomic mass is 10.1. The first kappa shape index (κ1) is 32.9. The monoisotopic (exact) mass is 666 g/mol. The first-order chi connectivity index (χ1) is 21.2. The highest BCUT2D eigenvalue weighted by Gasteiger charge is 2.51. The summed E-state index contributed by atoms with van der Waals surface area (Å²) < 4.78 is 71.8. The largest absolute Gasteiger partial charge is 0.454 e. The van der Waals surface area contributed by atoms with Gasteiger partial charge >= 0.3 is 12.2 Å². The molecule has 0 bridgehead atoms. The normalized spacial score (nSPS) is 16.7. The SMILES string of the molecule is CCN(CC)CC1(C(=O)NS(=O)(=O)c2ccc(Cc3nc(NC4(c5ccc(Cl)cc5)CC4)nc(OCC(F)(F)F)n3)cc2)CC1. The zero-order valence-electron chi connectivity index (χ0n) is 24.8. The number of anilines is 1. The molecule has 3 aromatic rings. The third-order valence-electron chi connectivity index (χ3n) is 8.10. The fraction of sp³-hybridized carbons (Fsp3) is 0.467. The van der Waals surface area contributed by atoms with Gasteiger partial charge in [-0.1, -0.05) is 49.7 Å². The van der Waals surface area contributed by atoms with Gasteiger partial charge in [-0.25, -0.2) is 13.1 Å². The molecule has 0 aliphatic heterocycles. The minimum Gasteiger partial charge on any atom is -0.454 e. The van der Waals surface area contributed by atoms with Crippen molar-refractivity contribution in [3.8, 4) is 6.01 Å². The molecular weight excluding hydrogens is 633 g/mol. The second-order valence-corrected chi connectivity index (χ2v) is 13.6. The Morgan fingerprint density at radius 1 is 0.978 bits per heavy atom. The van der Waals surface area contributed by atoms with Gasteiger partial charge < -0.3 is 15.0 Å². The number of nitrogens with zero attached hydrogens (tertiary/aromatic N) is 4. The van der Waals surface area contributed by atoms with Crippen LogP contribution in [0.3, 0.4) is 0 Å². The molecule has 1 aromatic heterocycles. The van der Waals surface area contributed by atoms with Crippen LogP contribution in [0.2, 0.25) is 5.02 Å². The van der Waals surface area contributed by atoms with Crippen molar-refractivity contribution >= 4 is 33.5 Å². The molecule has 1 amide bonds. The molecule has 0 spiro atoms. The molecule has 5 rings (SSSR count). The topological polar surface area (TPSA) is 126 Å². The van der Waals surface area contributed by atoms with Gasteiger partial charge in [0.15, 0.2) is 6.61 Å². The standard InChI is InChI=1S/C30H34ClF3N6O4S/c1-3-40(4-2)18-28(13-14-28)25(41)39-45(42,43)23-11-5-20(6-12-23)17-24-35-26(37-27(36-24)44-19-30(32,33)34)38-29(15-16-29)21-7-9-22(31)10-8-21/h5-12H,3-4,13-19H2,1-2H3,(H,39,41)(H,35,36,37,38). The average molecular weight is 667 g/mol. The van der Waals surface area contributed by atoms with Gasteiger partial charge in [-0.3, -0.25) is 4.79 Å². The van der Waals surface area contributed by atoms with Crippen molar-refractivity contribution in [2.45, 2.75) is 62.6 Å². The van der Waals surface area contributed by atoms with Crippen molar-refractivity contribution in [1.29, 1.82) is 0 Å². The van der Waals surface area contributed by atoms with Gasteiger partial charge in [0.2, 0.25) is 11.9 Å². The highest BCUT2D eigenvalue weighted by atomic mass is 35.5. The number of hydrogen-bond acceptors (Lipinski definition) is 9. The summed E-state index contributed by atoms with van der Waals surface area (Å²) in [5.74, 6) is -0.347. The first-order valence-corrected chi connectivity index (χ1v) is 16.5. The molecule has 0 atom stereocenters. The zero-order chi connectivity index (χ0) is 32.5. The van der Waals surface area contributed by atoms with Crippen molar-refractivity contribution in [2.24, 2.45) is 5.41 Å². The third kappa shape index (κ3) is 8.22. The van der Waals surface area contributed by atoms with Crippen molar-refractivity contribution < 1.29 is 31.1 Å². The summed E-state index contributed by atoms with van der Waals surface area (Å²) in [4.78, 5) is 27.5. The maximum absolute atomic E-state index is 13.0. The number of carbonyl (C=O) groups is 1. The van der Waals surface area contributed by atoms with E-state index in [1.54, 1.807) is 12.1 Å². The smallest absolute Gasteiger partial charge is 0.422 e. The van der Waals surface area contributed by atoms with Crippen molar-refractivity contribution in [3.63, 3.8) is 0 Å². The van der Waals surface area contributed by atoms with Crippen LogP contribution in [0.4, 0.5) is 19.1 Å². The number of alkyl halides is 3. The van der Waals surface area contributed by atoms with Crippen LogP contribution in [-0.4, -0.2) is 66.6 Å². The molecule has 2 aromatic carbocycles. The van der Waals surface area contributed by atoms with E-state index < -0.39 is 45.7 Å². The van der Waals surface area contributed by atoms with Gasteiger partial charge in [0.1, 0.15) is 5.82 Å². The Morgan fingerprint density at radius 3 is 2.18 bits per heavy atom. The summed E-state index contributed by atoms with van der Waals surface area (Å²) in [5, 5.41) is 3.80. The van der Waals surface area contributed by atoms with E-state index in [-0.39, 0.29) is 23.1 Å². The maximum atomic E-state index is 13.0. The molecule has 15 heteroatoms. The molecule has 2 aliphatic carbocycles. The van der Waals surface area contributed by atoms with Gasteiger partial charge in [-0.15, -0.1) is 0 Å². The van der Waals surface area contributed by atoms with E-state index in [1.807, 2.05) is 26.0 Å². The van der Waals surface area contributed by atoms with Crippen LogP contribution in [-0.2, 0) is 26.8 Å². The Balaban J connectivity index is 1.31. The second kappa shape index (κ2) is 12.7. The van der Waals surface area contributed by atoms with E-state index >= 15 is 0 Å². The molecule has 2 saturated carbocycles. The van der Waals surface area contributed by atoms with Gasteiger partial charge in [0.25, 0.3) is 10.0 Å². The van der Waals surface area contributed by atoms with Crippen LogP contribution in [0, 0.1) is 5.41 Å². The molecule has 2 aliphatic rings. The summed E-state index contributed by atoms with van der Waals surface area (Å²) in [5.41, 5.74) is 0.298. The fourth-order valence-electron chi connectivity index (χ4n) is 5.08. The molecule has 0 unspecified atom stereocenters. The molecule has 0 saturated heterocycles. The quantitative estimate of drug-likeness (QED) is 0.242. The first-order valence-electron chi connectivity index (χ1n) is 14.6. The van der Waals surface area contributed by atoms with Crippen molar-refractivity contribution in [3.05, 3.63) is 70.5 Å². The van der Waals surface area contributed by atoms with E-state index in [0.29, 0.717) is 30.0 Å². The average Bonchev–Trinajstić information content (AvgIpc) is 3.92.